The molecule has 0 unspecified atom stereocenters. The number of nitrogens with two attached hydrogens (primary N) is 1. The number of nitrogen functional groups attached to an aromatic ring is 1. The van der Waals surface area contributed by atoms with Crippen molar-refractivity contribution in [3.8, 4) is 0 Å². The smallest absolute Gasteiger partial charge is 0.230 e. The highest BCUT2D eigenvalue weighted by atomic mass is 32.1. The number of benzene rings is 1. The van der Waals surface area contributed by atoms with Gasteiger partial charge in [-0.05, 0) is 60.4 Å². The Kier molecular flexibility index (Phi) is 4.45. The molecule has 0 aliphatic rings. The van der Waals surface area contributed by atoms with E-state index in [2.05, 4.69) is 22.1 Å². The summed E-state index contributed by atoms with van der Waals surface area (Å²) < 4.78 is 0. The van der Waals surface area contributed by atoms with Crippen molar-refractivity contribution in [1.29, 1.82) is 0 Å². The molecule has 0 bridgehead atoms. The molecule has 0 radical (unpaired) electrons. The van der Waals surface area contributed by atoms with Crippen LogP contribution in [0.5, 0.6) is 0 Å². The van der Waals surface area contributed by atoms with Crippen molar-refractivity contribution in [2.75, 3.05) is 12.3 Å². The first-order valence-corrected chi connectivity index (χ1v) is 7.60. The molecule has 3 nitrogen and oxygen atoms in total. The highest BCUT2D eigenvalue weighted by Crippen LogP contribution is 2.24. The molecular formula is C16H20N2OS. The van der Waals surface area contributed by atoms with Gasteiger partial charge in [-0.1, -0.05) is 12.1 Å². The van der Waals surface area contributed by atoms with E-state index >= 15 is 0 Å². The second kappa shape index (κ2) is 6.09. The minimum absolute atomic E-state index is 0.0394. The Morgan fingerprint density at radius 3 is 2.55 bits per heavy atom. The van der Waals surface area contributed by atoms with Gasteiger partial charge in [0, 0.05) is 12.2 Å². The van der Waals surface area contributed by atoms with Gasteiger partial charge in [-0.15, -0.1) is 0 Å². The van der Waals surface area contributed by atoms with E-state index in [9.17, 15) is 4.79 Å². The third-order valence-electron chi connectivity index (χ3n) is 3.48. The molecule has 4 heteroatoms. The average Bonchev–Trinajstić information content (AvgIpc) is 2.92. The van der Waals surface area contributed by atoms with E-state index in [-0.39, 0.29) is 5.91 Å². The quantitative estimate of drug-likeness (QED) is 0.831. The summed E-state index contributed by atoms with van der Waals surface area (Å²) in [5.74, 6) is 0.0394. The van der Waals surface area contributed by atoms with Crippen LogP contribution in [0.3, 0.4) is 0 Å². The Hall–Kier alpha value is -1.81. The van der Waals surface area contributed by atoms with E-state index in [1.807, 2.05) is 38.1 Å². The number of carbonyl (C=O) groups excluding carboxylic acids is 1. The fourth-order valence-corrected chi connectivity index (χ4v) is 2.71. The molecule has 2 rings (SSSR count). The van der Waals surface area contributed by atoms with Crippen molar-refractivity contribution in [2.24, 2.45) is 0 Å². The second-order valence-electron chi connectivity index (χ2n) is 5.38. The number of hydrogen-bond acceptors (Lipinski definition) is 3. The van der Waals surface area contributed by atoms with Crippen molar-refractivity contribution in [3.05, 3.63) is 52.2 Å². The van der Waals surface area contributed by atoms with Gasteiger partial charge in [0.1, 0.15) is 0 Å². The number of carbonyl (C=O) groups is 1. The van der Waals surface area contributed by atoms with Crippen molar-refractivity contribution in [1.82, 2.24) is 5.32 Å². The van der Waals surface area contributed by atoms with Crippen LogP contribution in [-0.4, -0.2) is 12.5 Å². The third-order valence-corrected chi connectivity index (χ3v) is 4.21. The molecular weight excluding hydrogens is 268 g/mol. The van der Waals surface area contributed by atoms with Crippen LogP contribution in [0.25, 0.3) is 0 Å². The highest BCUT2D eigenvalue weighted by molar-refractivity contribution is 7.07. The van der Waals surface area contributed by atoms with E-state index in [1.165, 1.54) is 5.56 Å². The normalized spacial score (nSPS) is 11.3. The Bertz CT molecular complexity index is 559. The Labute approximate surface area is 123 Å². The molecule has 1 heterocycles. The summed E-state index contributed by atoms with van der Waals surface area (Å²) in [6, 6.07) is 9.56. The molecule has 0 saturated carbocycles. The van der Waals surface area contributed by atoms with Crippen molar-refractivity contribution < 1.29 is 4.79 Å². The Balaban J connectivity index is 1.94. The van der Waals surface area contributed by atoms with Crippen LogP contribution in [0.1, 0.15) is 25.0 Å². The summed E-state index contributed by atoms with van der Waals surface area (Å²) >= 11 is 1.68. The van der Waals surface area contributed by atoms with E-state index in [0.29, 0.717) is 12.2 Å². The average molecular weight is 288 g/mol. The number of hydrogen-bond donors (Lipinski definition) is 2. The van der Waals surface area contributed by atoms with Crippen LogP contribution in [0.4, 0.5) is 5.69 Å². The fourth-order valence-electron chi connectivity index (χ4n) is 2.01. The maximum absolute atomic E-state index is 12.3. The van der Waals surface area contributed by atoms with Gasteiger partial charge in [0.25, 0.3) is 0 Å². The summed E-state index contributed by atoms with van der Waals surface area (Å²) in [6.07, 6.45) is 0.868. The zero-order chi connectivity index (χ0) is 14.6. The predicted octanol–water partition coefficient (Wildman–Crippen LogP) is 2.97. The van der Waals surface area contributed by atoms with E-state index in [4.69, 9.17) is 5.73 Å². The summed E-state index contributed by atoms with van der Waals surface area (Å²) in [5.41, 5.74) is 8.07. The fraction of sp³-hybridized carbons (Fsp3) is 0.312. The maximum atomic E-state index is 12.3. The molecule has 0 aliphatic carbocycles. The maximum Gasteiger partial charge on any atom is 0.230 e. The molecule has 0 spiro atoms. The Morgan fingerprint density at radius 2 is 1.95 bits per heavy atom. The first-order valence-electron chi connectivity index (χ1n) is 6.65. The first kappa shape index (κ1) is 14.6. The monoisotopic (exact) mass is 288 g/mol. The molecule has 2 aromatic rings. The highest BCUT2D eigenvalue weighted by Gasteiger charge is 2.29. The number of amides is 1. The first-order chi connectivity index (χ1) is 9.50. The lowest BCUT2D eigenvalue weighted by molar-refractivity contribution is -0.125. The van der Waals surface area contributed by atoms with Crippen LogP contribution in [0.15, 0.2) is 41.1 Å². The van der Waals surface area contributed by atoms with Gasteiger partial charge in [-0.3, -0.25) is 4.79 Å². The zero-order valence-corrected chi connectivity index (χ0v) is 12.7. The molecule has 1 amide bonds. The molecule has 1 aromatic heterocycles. The lowest BCUT2D eigenvalue weighted by atomic mass is 9.83. The van der Waals surface area contributed by atoms with Crippen molar-refractivity contribution in [3.63, 3.8) is 0 Å². The van der Waals surface area contributed by atoms with Crippen LogP contribution >= 0.6 is 11.3 Å². The van der Waals surface area contributed by atoms with Gasteiger partial charge in [0.05, 0.1) is 5.41 Å². The predicted molar refractivity (Wildman–Crippen MR) is 84.9 cm³/mol. The molecule has 0 fully saturated rings. The molecule has 0 atom stereocenters. The van der Waals surface area contributed by atoms with Gasteiger partial charge in [0.2, 0.25) is 5.91 Å². The number of nitrogens with one attached hydrogen (secondary N) is 1. The van der Waals surface area contributed by atoms with Gasteiger partial charge in [-0.2, -0.15) is 11.3 Å². The zero-order valence-electron chi connectivity index (χ0n) is 11.8. The topological polar surface area (TPSA) is 55.1 Å². The summed E-state index contributed by atoms with van der Waals surface area (Å²) in [4.78, 5) is 12.3. The van der Waals surface area contributed by atoms with Crippen LogP contribution in [-0.2, 0) is 16.6 Å². The van der Waals surface area contributed by atoms with Gasteiger partial charge in [-0.25, -0.2) is 0 Å². The van der Waals surface area contributed by atoms with Crippen LogP contribution in [0.2, 0.25) is 0 Å². The minimum atomic E-state index is -0.553. The van der Waals surface area contributed by atoms with Crippen LogP contribution in [0, 0.1) is 0 Å². The summed E-state index contributed by atoms with van der Waals surface area (Å²) in [6.45, 7) is 4.52. The van der Waals surface area contributed by atoms with Gasteiger partial charge >= 0.3 is 0 Å². The molecule has 0 aliphatic heterocycles. The van der Waals surface area contributed by atoms with E-state index < -0.39 is 5.41 Å². The van der Waals surface area contributed by atoms with Crippen molar-refractivity contribution >= 4 is 22.9 Å². The largest absolute Gasteiger partial charge is 0.399 e. The summed E-state index contributed by atoms with van der Waals surface area (Å²) in [5, 5.41) is 7.17. The molecule has 1 aromatic carbocycles. The van der Waals surface area contributed by atoms with Gasteiger partial charge in [0.15, 0.2) is 0 Å². The standard InChI is InChI=1S/C16H20N2OS/c1-16(2,13-3-5-14(17)6-4-13)15(19)18-9-7-12-8-10-20-11-12/h3-6,8,10-11H,7,9,17H2,1-2H3,(H,18,19). The van der Waals surface area contributed by atoms with Crippen molar-refractivity contribution in [2.45, 2.75) is 25.7 Å². The number of rotatable bonds is 5. The summed E-state index contributed by atoms with van der Waals surface area (Å²) in [7, 11) is 0. The molecule has 3 N–H and O–H groups in total. The van der Waals surface area contributed by atoms with E-state index in [0.717, 1.165) is 12.0 Å². The molecule has 20 heavy (non-hydrogen) atoms. The lowest BCUT2D eigenvalue weighted by Crippen LogP contribution is -2.40. The minimum Gasteiger partial charge on any atom is -0.399 e. The third kappa shape index (κ3) is 3.39. The van der Waals surface area contributed by atoms with Gasteiger partial charge < -0.3 is 11.1 Å². The second-order valence-corrected chi connectivity index (χ2v) is 6.16. The lowest BCUT2D eigenvalue weighted by Gasteiger charge is -2.24. The Morgan fingerprint density at radius 1 is 1.25 bits per heavy atom. The molecule has 0 saturated heterocycles. The SMILES string of the molecule is CC(C)(C(=O)NCCc1ccsc1)c1ccc(N)cc1. The van der Waals surface area contributed by atoms with Crippen LogP contribution < -0.4 is 11.1 Å². The van der Waals surface area contributed by atoms with E-state index in [1.54, 1.807) is 11.3 Å². The molecule has 106 valence electrons. The number of anilines is 1. The number of thiophene rings is 1.